The number of halogens is 1. The summed E-state index contributed by atoms with van der Waals surface area (Å²) in [6, 6.07) is 10.9. The standard InChI is InChI=1S/C22H38N4O2.HI/c1-4-23-22(24-13-9-14-27-18-21-12-8-15-28-21)25-16-19(2)26(3)17-20-10-6-5-7-11-20;/h5-7,10-11,19,21H,4,8-9,12-18H2,1-3H3,(H2,23,24,25);1H. The SMILES string of the molecule is CCNC(=NCC(C)N(C)Cc1ccccc1)NCCCOCC1CCCO1.I. The van der Waals surface area contributed by atoms with Crippen LogP contribution in [0.1, 0.15) is 38.7 Å². The number of nitrogens with zero attached hydrogens (tertiary/aromatic N) is 2. The Balaban J connectivity index is 0.00000420. The van der Waals surface area contributed by atoms with Crippen LogP contribution in [0.3, 0.4) is 0 Å². The van der Waals surface area contributed by atoms with Crippen LogP contribution in [-0.2, 0) is 16.0 Å². The molecular formula is C22H39IN4O2. The molecule has 0 saturated carbocycles. The number of guanidine groups is 1. The van der Waals surface area contributed by atoms with E-state index in [1.54, 1.807) is 0 Å². The van der Waals surface area contributed by atoms with Gasteiger partial charge in [-0.1, -0.05) is 30.3 Å². The molecule has 1 aromatic carbocycles. The van der Waals surface area contributed by atoms with E-state index in [2.05, 4.69) is 66.8 Å². The highest BCUT2D eigenvalue weighted by atomic mass is 127. The molecule has 2 N–H and O–H groups in total. The Bertz CT molecular complexity index is 553. The van der Waals surface area contributed by atoms with Gasteiger partial charge in [0.2, 0.25) is 0 Å². The van der Waals surface area contributed by atoms with E-state index in [-0.39, 0.29) is 24.0 Å². The number of hydrogen-bond donors (Lipinski definition) is 2. The lowest BCUT2D eigenvalue weighted by molar-refractivity contribution is 0.0168. The minimum absolute atomic E-state index is 0. The predicted octanol–water partition coefficient (Wildman–Crippen LogP) is 3.27. The van der Waals surface area contributed by atoms with Crippen LogP contribution >= 0.6 is 24.0 Å². The molecule has 1 fully saturated rings. The molecule has 6 nitrogen and oxygen atoms in total. The third-order valence-corrected chi connectivity index (χ3v) is 4.97. The number of rotatable bonds is 12. The van der Waals surface area contributed by atoms with Gasteiger partial charge in [-0.2, -0.15) is 0 Å². The Labute approximate surface area is 193 Å². The molecular weight excluding hydrogens is 479 g/mol. The maximum absolute atomic E-state index is 5.71. The fourth-order valence-electron chi connectivity index (χ4n) is 3.10. The zero-order valence-electron chi connectivity index (χ0n) is 18.2. The molecule has 0 aromatic heterocycles. The molecule has 2 atom stereocenters. The van der Waals surface area contributed by atoms with Gasteiger partial charge in [0.05, 0.1) is 19.3 Å². The first-order chi connectivity index (χ1) is 13.7. The van der Waals surface area contributed by atoms with Crippen LogP contribution in [-0.4, -0.2) is 69.5 Å². The minimum Gasteiger partial charge on any atom is -0.379 e. The Morgan fingerprint density at radius 3 is 2.79 bits per heavy atom. The van der Waals surface area contributed by atoms with Crippen LogP contribution in [0, 0.1) is 0 Å². The normalized spacial score (nSPS) is 17.8. The van der Waals surface area contributed by atoms with Crippen LogP contribution in [0.4, 0.5) is 0 Å². The highest BCUT2D eigenvalue weighted by molar-refractivity contribution is 14.0. The first kappa shape index (κ1) is 26.1. The maximum Gasteiger partial charge on any atom is 0.191 e. The van der Waals surface area contributed by atoms with Crippen molar-refractivity contribution in [3.8, 4) is 0 Å². The molecule has 2 unspecified atom stereocenters. The smallest absolute Gasteiger partial charge is 0.191 e. The van der Waals surface area contributed by atoms with Gasteiger partial charge in [-0.05, 0) is 45.7 Å². The summed E-state index contributed by atoms with van der Waals surface area (Å²) in [5.74, 6) is 0.876. The summed E-state index contributed by atoms with van der Waals surface area (Å²) in [5.41, 5.74) is 1.33. The molecule has 0 bridgehead atoms. The van der Waals surface area contributed by atoms with E-state index in [9.17, 15) is 0 Å². The molecule has 0 amide bonds. The Morgan fingerprint density at radius 2 is 2.10 bits per heavy atom. The van der Waals surface area contributed by atoms with Crippen molar-refractivity contribution in [1.29, 1.82) is 0 Å². The average Bonchev–Trinajstić information content (AvgIpc) is 3.22. The van der Waals surface area contributed by atoms with Crippen molar-refractivity contribution in [2.24, 2.45) is 4.99 Å². The number of ether oxygens (including phenoxy) is 2. The number of hydrogen-bond acceptors (Lipinski definition) is 4. The zero-order valence-corrected chi connectivity index (χ0v) is 20.6. The molecule has 2 rings (SSSR count). The fraction of sp³-hybridized carbons (Fsp3) is 0.682. The van der Waals surface area contributed by atoms with Gasteiger partial charge in [0, 0.05) is 38.9 Å². The zero-order chi connectivity index (χ0) is 20.0. The molecule has 1 heterocycles. The highest BCUT2D eigenvalue weighted by Gasteiger charge is 2.15. The maximum atomic E-state index is 5.71. The molecule has 0 spiro atoms. The summed E-state index contributed by atoms with van der Waals surface area (Å²) >= 11 is 0. The van der Waals surface area contributed by atoms with Crippen molar-refractivity contribution in [2.45, 2.75) is 51.8 Å². The monoisotopic (exact) mass is 518 g/mol. The van der Waals surface area contributed by atoms with Crippen molar-refractivity contribution < 1.29 is 9.47 Å². The summed E-state index contributed by atoms with van der Waals surface area (Å²) in [4.78, 5) is 7.08. The van der Waals surface area contributed by atoms with E-state index in [4.69, 9.17) is 14.5 Å². The van der Waals surface area contributed by atoms with Crippen LogP contribution in [0.15, 0.2) is 35.3 Å². The minimum atomic E-state index is 0. The molecule has 166 valence electrons. The van der Waals surface area contributed by atoms with E-state index < -0.39 is 0 Å². The van der Waals surface area contributed by atoms with Crippen molar-refractivity contribution in [3.63, 3.8) is 0 Å². The Hall–Kier alpha value is -0.900. The molecule has 1 saturated heterocycles. The van der Waals surface area contributed by atoms with Crippen LogP contribution in [0.25, 0.3) is 0 Å². The van der Waals surface area contributed by atoms with Crippen LogP contribution < -0.4 is 10.6 Å². The summed E-state index contributed by atoms with van der Waals surface area (Å²) in [6.45, 7) is 10.1. The molecule has 29 heavy (non-hydrogen) atoms. The number of nitrogens with one attached hydrogen (secondary N) is 2. The van der Waals surface area contributed by atoms with Gasteiger partial charge < -0.3 is 20.1 Å². The van der Waals surface area contributed by atoms with E-state index in [1.165, 1.54) is 5.56 Å². The van der Waals surface area contributed by atoms with Gasteiger partial charge >= 0.3 is 0 Å². The second-order valence-corrected chi connectivity index (χ2v) is 7.46. The third kappa shape index (κ3) is 11.2. The summed E-state index contributed by atoms with van der Waals surface area (Å²) < 4.78 is 11.3. The molecule has 1 aromatic rings. The largest absolute Gasteiger partial charge is 0.379 e. The second kappa shape index (κ2) is 15.9. The Kier molecular flexibility index (Phi) is 14.3. The van der Waals surface area contributed by atoms with Crippen LogP contribution in [0.5, 0.6) is 0 Å². The number of likely N-dealkylation sites (N-methyl/N-ethyl adjacent to an activating group) is 1. The van der Waals surface area contributed by atoms with Gasteiger partial charge in [0.1, 0.15) is 0 Å². The van der Waals surface area contributed by atoms with Crippen molar-refractivity contribution in [1.82, 2.24) is 15.5 Å². The first-order valence-electron chi connectivity index (χ1n) is 10.6. The highest BCUT2D eigenvalue weighted by Crippen LogP contribution is 2.11. The predicted molar refractivity (Wildman–Crippen MR) is 131 cm³/mol. The molecule has 0 aliphatic carbocycles. The fourth-order valence-corrected chi connectivity index (χ4v) is 3.10. The van der Waals surface area contributed by atoms with Gasteiger partial charge in [-0.25, -0.2) is 0 Å². The lowest BCUT2D eigenvalue weighted by Crippen LogP contribution is -2.39. The molecule has 7 heteroatoms. The average molecular weight is 518 g/mol. The van der Waals surface area contributed by atoms with Gasteiger partial charge in [-0.3, -0.25) is 9.89 Å². The van der Waals surface area contributed by atoms with Gasteiger partial charge in [0.25, 0.3) is 0 Å². The topological polar surface area (TPSA) is 58.1 Å². The van der Waals surface area contributed by atoms with E-state index >= 15 is 0 Å². The van der Waals surface area contributed by atoms with Gasteiger partial charge in [-0.15, -0.1) is 24.0 Å². The lowest BCUT2D eigenvalue weighted by Gasteiger charge is -2.24. The quantitative estimate of drug-likeness (QED) is 0.193. The number of aliphatic imine (C=N–C) groups is 1. The van der Waals surface area contributed by atoms with Gasteiger partial charge in [0.15, 0.2) is 5.96 Å². The van der Waals surface area contributed by atoms with Crippen molar-refractivity contribution >= 4 is 29.9 Å². The van der Waals surface area contributed by atoms with Crippen molar-refractivity contribution in [3.05, 3.63) is 35.9 Å². The van der Waals surface area contributed by atoms with Crippen LogP contribution in [0.2, 0.25) is 0 Å². The third-order valence-electron chi connectivity index (χ3n) is 4.97. The summed E-state index contributed by atoms with van der Waals surface area (Å²) in [6.07, 6.45) is 3.56. The molecule has 1 aliphatic heterocycles. The van der Waals surface area contributed by atoms with E-state index in [1.807, 2.05) is 0 Å². The summed E-state index contributed by atoms with van der Waals surface area (Å²) in [7, 11) is 2.15. The summed E-state index contributed by atoms with van der Waals surface area (Å²) in [5, 5.41) is 6.72. The lowest BCUT2D eigenvalue weighted by atomic mass is 10.2. The van der Waals surface area contributed by atoms with E-state index in [0.29, 0.717) is 12.1 Å². The Morgan fingerprint density at radius 1 is 1.31 bits per heavy atom. The van der Waals surface area contributed by atoms with Crippen molar-refractivity contribution in [2.75, 3.05) is 46.5 Å². The molecule has 0 radical (unpaired) electrons. The second-order valence-electron chi connectivity index (χ2n) is 7.46. The molecule has 1 aliphatic rings. The first-order valence-corrected chi connectivity index (χ1v) is 10.6. The van der Waals surface area contributed by atoms with E-state index in [0.717, 1.165) is 71.2 Å². The number of benzene rings is 1.